The second kappa shape index (κ2) is 8.30. The van der Waals surface area contributed by atoms with E-state index in [1.165, 1.54) is 11.3 Å². The maximum absolute atomic E-state index is 12.7. The van der Waals surface area contributed by atoms with E-state index >= 15 is 0 Å². The van der Waals surface area contributed by atoms with Crippen molar-refractivity contribution in [2.45, 2.75) is 6.92 Å². The van der Waals surface area contributed by atoms with Crippen LogP contribution in [0.15, 0.2) is 53.8 Å². The van der Waals surface area contributed by atoms with Gasteiger partial charge in [-0.3, -0.25) is 4.79 Å². The number of ether oxygens (including phenoxy) is 1. The summed E-state index contributed by atoms with van der Waals surface area (Å²) in [5.41, 5.74) is 6.00. The lowest BCUT2D eigenvalue weighted by Crippen LogP contribution is -2.17. The topological polar surface area (TPSA) is 68.5 Å². The molecule has 0 bridgehead atoms. The minimum atomic E-state index is -0.306. The Labute approximate surface area is 182 Å². The summed E-state index contributed by atoms with van der Waals surface area (Å²) >= 11 is 7.32. The van der Waals surface area contributed by atoms with Gasteiger partial charge in [-0.2, -0.15) is 5.10 Å². The number of hydrazone groups is 1. The molecule has 0 aliphatic heterocycles. The molecule has 152 valence electrons. The number of methoxy groups -OCH3 is 1. The van der Waals surface area contributed by atoms with E-state index in [9.17, 15) is 4.79 Å². The van der Waals surface area contributed by atoms with Gasteiger partial charge in [0.2, 0.25) is 0 Å². The van der Waals surface area contributed by atoms with Crippen LogP contribution in [0.4, 0.5) is 0 Å². The molecule has 0 spiro atoms. The lowest BCUT2D eigenvalue weighted by molar-refractivity contribution is 0.0958. The number of aromatic nitrogens is 2. The highest BCUT2D eigenvalue weighted by Gasteiger charge is 2.18. The number of halogens is 1. The fraction of sp³-hybridized carbons (Fsp3) is 0.136. The Balaban J connectivity index is 1.56. The number of carbonyl (C=O) groups excluding carboxylic acids is 1. The molecule has 2 aromatic carbocycles. The van der Waals surface area contributed by atoms with Crippen molar-refractivity contribution in [2.24, 2.45) is 12.1 Å². The van der Waals surface area contributed by atoms with Gasteiger partial charge in [0.1, 0.15) is 15.6 Å². The lowest BCUT2D eigenvalue weighted by atomic mass is 10.1. The maximum atomic E-state index is 12.7. The summed E-state index contributed by atoms with van der Waals surface area (Å²) in [5, 5.41) is 6.53. The van der Waals surface area contributed by atoms with Gasteiger partial charge >= 0.3 is 0 Å². The number of aryl methyl sites for hydroxylation is 2. The molecule has 2 heterocycles. The van der Waals surface area contributed by atoms with E-state index in [0.29, 0.717) is 26.4 Å². The van der Waals surface area contributed by atoms with Gasteiger partial charge in [0, 0.05) is 29.2 Å². The minimum Gasteiger partial charge on any atom is -0.496 e. The first kappa shape index (κ1) is 20.1. The number of nitrogens with zero attached hydrogens (tertiary/aromatic N) is 3. The van der Waals surface area contributed by atoms with Gasteiger partial charge in [0.15, 0.2) is 0 Å². The van der Waals surface area contributed by atoms with Crippen molar-refractivity contribution in [3.8, 4) is 16.3 Å². The zero-order chi connectivity index (χ0) is 21.3. The van der Waals surface area contributed by atoms with E-state index in [0.717, 1.165) is 22.0 Å². The van der Waals surface area contributed by atoms with Crippen molar-refractivity contribution in [1.29, 1.82) is 0 Å². The summed E-state index contributed by atoms with van der Waals surface area (Å²) in [6.07, 6.45) is 3.65. The SMILES string of the molecule is COc1cc(Cl)ccc1-c1nc(C)c(C(=O)N/N=C/c2cccc3ccn(C)c23)s1. The van der Waals surface area contributed by atoms with Crippen LogP contribution in [0.1, 0.15) is 20.9 Å². The molecule has 30 heavy (non-hydrogen) atoms. The molecule has 0 radical (unpaired) electrons. The lowest BCUT2D eigenvalue weighted by Gasteiger charge is -2.05. The summed E-state index contributed by atoms with van der Waals surface area (Å²) in [7, 11) is 3.55. The third-order valence-electron chi connectivity index (χ3n) is 4.70. The van der Waals surface area contributed by atoms with Gasteiger partial charge in [-0.25, -0.2) is 10.4 Å². The highest BCUT2D eigenvalue weighted by Crippen LogP contribution is 2.36. The molecule has 0 atom stereocenters. The van der Waals surface area contributed by atoms with Crippen LogP contribution in [-0.4, -0.2) is 28.8 Å². The molecule has 1 amide bonds. The second-order valence-electron chi connectivity index (χ2n) is 6.69. The first-order valence-electron chi connectivity index (χ1n) is 9.16. The average molecular weight is 439 g/mol. The van der Waals surface area contributed by atoms with E-state index in [1.807, 2.05) is 48.1 Å². The van der Waals surface area contributed by atoms with E-state index in [4.69, 9.17) is 16.3 Å². The Kier molecular flexibility index (Phi) is 5.57. The van der Waals surface area contributed by atoms with E-state index in [1.54, 1.807) is 32.4 Å². The number of fused-ring (bicyclic) bond motifs is 1. The van der Waals surface area contributed by atoms with E-state index < -0.39 is 0 Å². The third-order valence-corrected chi connectivity index (χ3v) is 6.12. The summed E-state index contributed by atoms with van der Waals surface area (Å²) in [6, 6.07) is 13.3. The number of nitrogens with one attached hydrogen (secondary N) is 1. The Morgan fingerprint density at radius 3 is 2.93 bits per heavy atom. The predicted octanol–water partition coefficient (Wildman–Crippen LogP) is 5.04. The monoisotopic (exact) mass is 438 g/mol. The quantitative estimate of drug-likeness (QED) is 0.350. The fourth-order valence-corrected chi connectivity index (χ4v) is 4.42. The van der Waals surface area contributed by atoms with Crippen molar-refractivity contribution in [3.63, 3.8) is 0 Å². The molecule has 0 fully saturated rings. The van der Waals surface area contributed by atoms with E-state index in [-0.39, 0.29) is 5.91 Å². The summed E-state index contributed by atoms with van der Waals surface area (Å²) in [5.74, 6) is 0.302. The standard InChI is InChI=1S/C22H19ClN4O2S/c1-13-20(30-22(25-13)17-8-7-16(23)11-18(17)29-3)21(28)26-24-12-15-6-4-5-14-9-10-27(2)19(14)15/h4-12H,1-3H3,(H,26,28)/b24-12+. The Bertz CT molecular complexity index is 1280. The highest BCUT2D eigenvalue weighted by molar-refractivity contribution is 7.17. The Morgan fingerprint density at radius 2 is 2.13 bits per heavy atom. The number of amides is 1. The van der Waals surface area contributed by atoms with Gasteiger partial charge in [-0.1, -0.05) is 29.8 Å². The zero-order valence-corrected chi connectivity index (χ0v) is 18.2. The summed E-state index contributed by atoms with van der Waals surface area (Å²) in [6.45, 7) is 1.80. The predicted molar refractivity (Wildman–Crippen MR) is 122 cm³/mol. The first-order valence-corrected chi connectivity index (χ1v) is 10.4. The summed E-state index contributed by atoms with van der Waals surface area (Å²) in [4.78, 5) is 17.7. The molecule has 0 saturated heterocycles. The molecule has 0 unspecified atom stereocenters. The second-order valence-corrected chi connectivity index (χ2v) is 8.12. The van der Waals surface area contributed by atoms with Crippen LogP contribution in [0.5, 0.6) is 5.75 Å². The number of hydrogen-bond donors (Lipinski definition) is 1. The Hall–Kier alpha value is -3.16. The summed E-state index contributed by atoms with van der Waals surface area (Å²) < 4.78 is 7.42. The van der Waals surface area contributed by atoms with Crippen molar-refractivity contribution in [1.82, 2.24) is 15.0 Å². The van der Waals surface area contributed by atoms with Gasteiger partial charge in [-0.15, -0.1) is 11.3 Å². The van der Waals surface area contributed by atoms with Crippen molar-refractivity contribution >= 4 is 46.0 Å². The van der Waals surface area contributed by atoms with Crippen LogP contribution in [0.2, 0.25) is 5.02 Å². The van der Waals surface area contributed by atoms with Gasteiger partial charge in [-0.05, 0) is 31.2 Å². The van der Waals surface area contributed by atoms with Crippen LogP contribution in [-0.2, 0) is 7.05 Å². The van der Waals surface area contributed by atoms with Crippen LogP contribution in [0.3, 0.4) is 0 Å². The largest absolute Gasteiger partial charge is 0.496 e. The zero-order valence-electron chi connectivity index (χ0n) is 16.6. The van der Waals surface area contributed by atoms with Gasteiger partial charge < -0.3 is 9.30 Å². The number of thiazole rings is 1. The van der Waals surface area contributed by atoms with Crippen molar-refractivity contribution in [3.05, 3.63) is 69.8 Å². The number of carbonyl (C=O) groups is 1. The molecule has 1 N–H and O–H groups in total. The van der Waals surface area contributed by atoms with Crippen LogP contribution < -0.4 is 10.2 Å². The molecule has 6 nitrogen and oxygen atoms in total. The first-order chi connectivity index (χ1) is 14.5. The van der Waals surface area contributed by atoms with Crippen LogP contribution >= 0.6 is 22.9 Å². The molecule has 0 saturated carbocycles. The Morgan fingerprint density at radius 1 is 1.30 bits per heavy atom. The number of para-hydroxylation sites is 1. The number of hydrogen-bond acceptors (Lipinski definition) is 5. The molecule has 4 rings (SSSR count). The minimum absolute atomic E-state index is 0.306. The van der Waals surface area contributed by atoms with E-state index in [2.05, 4.69) is 15.5 Å². The molecule has 8 heteroatoms. The third kappa shape index (κ3) is 3.81. The molecule has 0 aliphatic carbocycles. The molecule has 4 aromatic rings. The van der Waals surface area contributed by atoms with Gasteiger partial charge in [0.25, 0.3) is 5.91 Å². The smallest absolute Gasteiger partial charge is 0.283 e. The highest BCUT2D eigenvalue weighted by atomic mass is 35.5. The molecule has 0 aliphatic rings. The maximum Gasteiger partial charge on any atom is 0.283 e. The average Bonchev–Trinajstić information content (AvgIpc) is 3.31. The van der Waals surface area contributed by atoms with Crippen molar-refractivity contribution in [2.75, 3.05) is 7.11 Å². The molecule has 2 aromatic heterocycles. The van der Waals surface area contributed by atoms with Gasteiger partial charge in [0.05, 0.1) is 30.1 Å². The van der Waals surface area contributed by atoms with Crippen LogP contribution in [0, 0.1) is 6.92 Å². The molecular weight excluding hydrogens is 420 g/mol. The molecular formula is C22H19ClN4O2S. The van der Waals surface area contributed by atoms with Crippen molar-refractivity contribution < 1.29 is 9.53 Å². The number of benzene rings is 2. The normalized spacial score (nSPS) is 11.3. The number of rotatable bonds is 5. The van der Waals surface area contributed by atoms with Crippen LogP contribution in [0.25, 0.3) is 21.5 Å². The fourth-order valence-electron chi connectivity index (χ4n) is 3.27.